The van der Waals surface area contributed by atoms with E-state index in [0.717, 1.165) is 55.7 Å². The van der Waals surface area contributed by atoms with Crippen molar-refractivity contribution < 1.29 is 14.3 Å². The summed E-state index contributed by atoms with van der Waals surface area (Å²) in [5.74, 6) is 3.41. The first-order valence-electron chi connectivity index (χ1n) is 11.4. The van der Waals surface area contributed by atoms with Crippen molar-refractivity contribution in [3.05, 3.63) is 29.8 Å². The van der Waals surface area contributed by atoms with Crippen LogP contribution in [0.4, 0.5) is 0 Å². The summed E-state index contributed by atoms with van der Waals surface area (Å²) in [6.45, 7) is 3.90. The molecule has 2 aliphatic carbocycles. The van der Waals surface area contributed by atoms with Gasteiger partial charge < -0.3 is 14.8 Å². The highest BCUT2D eigenvalue weighted by Crippen LogP contribution is 2.49. The van der Waals surface area contributed by atoms with Crippen LogP contribution in [0.2, 0.25) is 0 Å². The minimum Gasteiger partial charge on any atom is -0.492 e. The summed E-state index contributed by atoms with van der Waals surface area (Å²) < 4.78 is 11.4. The minimum atomic E-state index is 0.201. The Labute approximate surface area is 175 Å². The molecule has 1 heterocycles. The van der Waals surface area contributed by atoms with Crippen molar-refractivity contribution in [3.8, 4) is 5.75 Å². The Bertz CT molecular complexity index is 674. The van der Waals surface area contributed by atoms with Gasteiger partial charge in [-0.15, -0.1) is 0 Å². The fourth-order valence-corrected chi connectivity index (χ4v) is 5.50. The maximum Gasteiger partial charge on any atom is 0.220 e. The van der Waals surface area contributed by atoms with Gasteiger partial charge in [0.1, 0.15) is 12.4 Å². The van der Waals surface area contributed by atoms with Crippen LogP contribution in [0.5, 0.6) is 5.75 Å². The molecule has 5 heteroatoms. The lowest BCUT2D eigenvalue weighted by molar-refractivity contribution is -0.122. The highest BCUT2D eigenvalue weighted by Gasteiger charge is 2.40. The molecule has 3 fully saturated rings. The molecule has 1 N–H and O–H groups in total. The van der Waals surface area contributed by atoms with E-state index in [-0.39, 0.29) is 5.91 Å². The molecule has 1 amide bonds. The van der Waals surface area contributed by atoms with Gasteiger partial charge in [-0.3, -0.25) is 9.69 Å². The molecule has 1 aliphatic heterocycles. The monoisotopic (exact) mass is 400 g/mol. The number of nitrogens with one attached hydrogen (secondary N) is 1. The second-order valence-corrected chi connectivity index (χ2v) is 9.24. The number of rotatable bonds is 9. The second-order valence-electron chi connectivity index (χ2n) is 9.24. The summed E-state index contributed by atoms with van der Waals surface area (Å²) in [5.41, 5.74) is 1.10. The molecule has 29 heavy (non-hydrogen) atoms. The smallest absolute Gasteiger partial charge is 0.220 e. The number of amides is 1. The molecule has 1 saturated heterocycles. The van der Waals surface area contributed by atoms with Crippen molar-refractivity contribution >= 4 is 5.91 Å². The first kappa shape index (κ1) is 20.7. The molecule has 3 unspecified atom stereocenters. The molecule has 4 rings (SSSR count). The van der Waals surface area contributed by atoms with Crippen molar-refractivity contribution in [2.45, 2.75) is 57.5 Å². The lowest BCUT2D eigenvalue weighted by Crippen LogP contribution is -2.38. The fourth-order valence-electron chi connectivity index (χ4n) is 5.50. The van der Waals surface area contributed by atoms with E-state index in [4.69, 9.17) is 9.47 Å². The summed E-state index contributed by atoms with van der Waals surface area (Å²) >= 11 is 0. The summed E-state index contributed by atoms with van der Waals surface area (Å²) in [6.07, 6.45) is 8.27. The van der Waals surface area contributed by atoms with Gasteiger partial charge in [0.15, 0.2) is 0 Å². The Morgan fingerprint density at radius 1 is 1.21 bits per heavy atom. The van der Waals surface area contributed by atoms with E-state index in [9.17, 15) is 4.79 Å². The third kappa shape index (κ3) is 5.73. The zero-order valence-electron chi connectivity index (χ0n) is 17.8. The van der Waals surface area contributed by atoms with Gasteiger partial charge in [-0.25, -0.2) is 0 Å². The number of carbonyl (C=O) groups excluding carboxylic acids is 1. The quantitative estimate of drug-likeness (QED) is 0.688. The molecule has 5 nitrogen and oxygen atoms in total. The molecule has 2 bridgehead atoms. The normalized spacial score (nSPS) is 26.8. The molecule has 3 aliphatic rings. The van der Waals surface area contributed by atoms with Gasteiger partial charge in [0.2, 0.25) is 5.91 Å². The Morgan fingerprint density at radius 2 is 2.07 bits per heavy atom. The van der Waals surface area contributed by atoms with Gasteiger partial charge in [0.25, 0.3) is 0 Å². The van der Waals surface area contributed by atoms with Gasteiger partial charge in [0, 0.05) is 38.8 Å². The summed E-state index contributed by atoms with van der Waals surface area (Å²) in [4.78, 5) is 14.8. The number of hydrogen-bond donors (Lipinski definition) is 1. The summed E-state index contributed by atoms with van der Waals surface area (Å²) in [7, 11) is 2.17. The van der Waals surface area contributed by atoms with Crippen LogP contribution in [0, 0.1) is 17.8 Å². The number of carbonyl (C=O) groups is 1. The Kier molecular flexibility index (Phi) is 7.09. The molecule has 0 spiro atoms. The second kappa shape index (κ2) is 9.94. The van der Waals surface area contributed by atoms with Crippen LogP contribution >= 0.6 is 0 Å². The third-order valence-corrected chi connectivity index (χ3v) is 7.25. The predicted molar refractivity (Wildman–Crippen MR) is 114 cm³/mol. The largest absolute Gasteiger partial charge is 0.492 e. The molecule has 0 radical (unpaired) electrons. The van der Waals surface area contributed by atoms with Crippen molar-refractivity contribution in [3.63, 3.8) is 0 Å². The number of fused-ring (bicyclic) bond motifs is 2. The topological polar surface area (TPSA) is 50.8 Å². The van der Waals surface area contributed by atoms with Crippen molar-refractivity contribution in [1.82, 2.24) is 10.2 Å². The lowest BCUT2D eigenvalue weighted by Gasteiger charge is -2.31. The standard InChI is InChI=1S/C24H36N2O3/c1-26(22-7-10-28-11-8-22)9-12-29-23-4-2-3-19(15-23)17-25-24(27)16-21-14-18-5-6-20(21)13-18/h2-4,15,18,20-22H,5-14,16-17H2,1H3,(H,25,27). The average Bonchev–Trinajstić information content (AvgIpc) is 3.36. The maximum atomic E-state index is 12.4. The van der Waals surface area contributed by atoms with Crippen LogP contribution in [-0.2, 0) is 16.1 Å². The van der Waals surface area contributed by atoms with Crippen LogP contribution in [0.1, 0.15) is 50.5 Å². The zero-order valence-corrected chi connectivity index (χ0v) is 17.8. The van der Waals surface area contributed by atoms with E-state index < -0.39 is 0 Å². The molecule has 0 aromatic heterocycles. The van der Waals surface area contributed by atoms with Crippen LogP contribution in [0.15, 0.2) is 24.3 Å². The van der Waals surface area contributed by atoms with E-state index in [0.29, 0.717) is 31.5 Å². The molecule has 160 valence electrons. The van der Waals surface area contributed by atoms with E-state index in [1.165, 1.54) is 25.7 Å². The van der Waals surface area contributed by atoms with Gasteiger partial charge in [0.05, 0.1) is 0 Å². The van der Waals surface area contributed by atoms with E-state index in [1.54, 1.807) is 0 Å². The minimum absolute atomic E-state index is 0.201. The maximum absolute atomic E-state index is 12.4. The molecule has 1 aromatic carbocycles. The van der Waals surface area contributed by atoms with Crippen molar-refractivity contribution in [1.29, 1.82) is 0 Å². The van der Waals surface area contributed by atoms with Gasteiger partial charge in [-0.1, -0.05) is 18.6 Å². The molecule has 2 saturated carbocycles. The number of likely N-dealkylation sites (N-methyl/N-ethyl adjacent to an activating group) is 1. The number of ether oxygens (including phenoxy) is 2. The fraction of sp³-hybridized carbons (Fsp3) is 0.708. The third-order valence-electron chi connectivity index (χ3n) is 7.25. The Balaban J connectivity index is 1.17. The molecule has 3 atom stereocenters. The summed E-state index contributed by atoms with van der Waals surface area (Å²) in [6, 6.07) is 8.71. The Morgan fingerprint density at radius 3 is 2.83 bits per heavy atom. The van der Waals surface area contributed by atoms with Crippen LogP contribution in [0.3, 0.4) is 0 Å². The zero-order chi connectivity index (χ0) is 20.1. The average molecular weight is 401 g/mol. The predicted octanol–water partition coefficient (Wildman–Crippen LogP) is 3.62. The number of nitrogens with zero attached hydrogens (tertiary/aromatic N) is 1. The van der Waals surface area contributed by atoms with Gasteiger partial charge >= 0.3 is 0 Å². The molecular weight excluding hydrogens is 364 g/mol. The van der Waals surface area contributed by atoms with Crippen LogP contribution in [0.25, 0.3) is 0 Å². The van der Waals surface area contributed by atoms with E-state index in [2.05, 4.69) is 23.3 Å². The van der Waals surface area contributed by atoms with Crippen LogP contribution in [-0.4, -0.2) is 50.3 Å². The van der Waals surface area contributed by atoms with Gasteiger partial charge in [-0.05, 0) is 74.6 Å². The number of benzene rings is 1. The SMILES string of the molecule is CN(CCOc1cccc(CNC(=O)CC2CC3CCC2C3)c1)C1CCOCC1. The first-order valence-corrected chi connectivity index (χ1v) is 11.4. The highest BCUT2D eigenvalue weighted by atomic mass is 16.5. The van der Waals surface area contributed by atoms with Gasteiger partial charge in [-0.2, -0.15) is 0 Å². The van der Waals surface area contributed by atoms with E-state index in [1.807, 2.05) is 18.2 Å². The lowest BCUT2D eigenvalue weighted by atomic mass is 9.86. The Hall–Kier alpha value is -1.59. The van der Waals surface area contributed by atoms with Crippen molar-refractivity contribution in [2.24, 2.45) is 17.8 Å². The van der Waals surface area contributed by atoms with Crippen LogP contribution < -0.4 is 10.1 Å². The summed E-state index contributed by atoms with van der Waals surface area (Å²) in [5, 5.41) is 3.12. The molecular formula is C24H36N2O3. The van der Waals surface area contributed by atoms with E-state index >= 15 is 0 Å². The molecule has 1 aromatic rings. The first-order chi connectivity index (χ1) is 14.2. The van der Waals surface area contributed by atoms with Crippen molar-refractivity contribution in [2.75, 3.05) is 33.4 Å². The highest BCUT2D eigenvalue weighted by molar-refractivity contribution is 5.76. The number of hydrogen-bond acceptors (Lipinski definition) is 4.